The molecule has 252 valence electrons. The Morgan fingerprint density at radius 1 is 1.08 bits per heavy atom. The minimum Gasteiger partial charge on any atom is -0.448 e. The molecule has 49 heavy (non-hydrogen) atoms. The number of hydrogen-bond donors (Lipinski definition) is 4. The highest BCUT2D eigenvalue weighted by molar-refractivity contribution is 8.01. The number of oxime groups is 1. The molecule has 4 aromatic rings. The van der Waals surface area contributed by atoms with Crippen molar-refractivity contribution in [3.05, 3.63) is 99.6 Å². The number of hydrogen-bond acceptors (Lipinski definition) is 16. The lowest BCUT2D eigenvalue weighted by molar-refractivity contribution is -0.154. The van der Waals surface area contributed by atoms with E-state index in [0.29, 0.717) is 21.4 Å². The Labute approximate surface area is 295 Å². The fourth-order valence-electron chi connectivity index (χ4n) is 4.91. The number of nitrogens with zero attached hydrogens (tertiary/aromatic N) is 5. The Kier molecular flexibility index (Phi) is 10.8. The summed E-state index contributed by atoms with van der Waals surface area (Å²) in [6, 6.07) is 17.6. The van der Waals surface area contributed by atoms with Crippen LogP contribution in [0.15, 0.2) is 92.3 Å². The summed E-state index contributed by atoms with van der Waals surface area (Å²) in [6.45, 7) is -0.567. The Bertz CT molecular complexity index is 1850. The number of thiazole rings is 1. The Hall–Kier alpha value is -4.82. The third kappa shape index (κ3) is 7.75. The molecule has 1 fully saturated rings. The lowest BCUT2D eigenvalue weighted by atomic mass is 10.0. The normalized spacial score (nSPS) is 17.3. The maximum atomic E-state index is 14.2. The number of carbonyl (C=O) groups is 4. The van der Waals surface area contributed by atoms with Gasteiger partial charge in [0, 0.05) is 16.9 Å². The number of nitrogens with one attached hydrogen (secondary N) is 2. The van der Waals surface area contributed by atoms with E-state index in [1.54, 1.807) is 5.51 Å². The molecular weight excluding hydrogens is 711 g/mol. The third-order valence-electron chi connectivity index (χ3n) is 7.16. The number of nitrogen functional groups attached to an aromatic ring is 1. The van der Waals surface area contributed by atoms with E-state index in [9.17, 15) is 19.2 Å². The fourth-order valence-corrected chi connectivity index (χ4v) is 8.43. The van der Waals surface area contributed by atoms with E-state index in [4.69, 9.17) is 21.2 Å². The van der Waals surface area contributed by atoms with Gasteiger partial charge in [-0.05, 0) is 16.7 Å². The third-order valence-corrected chi connectivity index (χ3v) is 11.1. The number of anilines is 1. The molecule has 2 aliphatic rings. The number of rotatable bonds is 13. The Morgan fingerprint density at radius 3 is 2.41 bits per heavy atom. The second kappa shape index (κ2) is 15.6. The molecule has 6 N–H and O–H groups in total. The summed E-state index contributed by atoms with van der Waals surface area (Å²) in [7, 11) is 0. The number of hydrazine groups is 1. The fraction of sp³-hybridized carbons (Fsp3) is 0.200. The van der Waals surface area contributed by atoms with Gasteiger partial charge in [0.1, 0.15) is 28.3 Å². The van der Waals surface area contributed by atoms with Crippen molar-refractivity contribution in [1.82, 2.24) is 30.8 Å². The highest BCUT2D eigenvalue weighted by atomic mass is 32.2. The molecule has 3 amide bonds. The summed E-state index contributed by atoms with van der Waals surface area (Å²) in [5.41, 5.74) is 11.4. The predicted molar refractivity (Wildman–Crippen MR) is 185 cm³/mol. The topological polar surface area (TPSA) is 217 Å². The van der Waals surface area contributed by atoms with Crippen LogP contribution in [0.2, 0.25) is 0 Å². The molecule has 6 rings (SSSR count). The summed E-state index contributed by atoms with van der Waals surface area (Å²) in [4.78, 5) is 63.5. The molecule has 2 atom stereocenters. The van der Waals surface area contributed by atoms with Crippen molar-refractivity contribution >= 4 is 80.7 Å². The summed E-state index contributed by atoms with van der Waals surface area (Å²) < 4.78 is 6.91. The van der Waals surface area contributed by atoms with Crippen LogP contribution in [0.1, 0.15) is 22.9 Å². The summed E-state index contributed by atoms with van der Waals surface area (Å²) in [6.07, 6.45) is -0.745. The Balaban J connectivity index is 1.26. The first-order valence-corrected chi connectivity index (χ1v) is 18.2. The largest absolute Gasteiger partial charge is 0.448 e. The van der Waals surface area contributed by atoms with Gasteiger partial charge in [0.05, 0.1) is 0 Å². The number of ether oxygens (including phenoxy) is 1. The van der Waals surface area contributed by atoms with Gasteiger partial charge < -0.3 is 20.6 Å². The van der Waals surface area contributed by atoms with E-state index >= 15 is 0 Å². The van der Waals surface area contributed by atoms with E-state index in [1.165, 1.54) is 45.1 Å². The van der Waals surface area contributed by atoms with Crippen LogP contribution in [0, 0.1) is 0 Å². The van der Waals surface area contributed by atoms with Gasteiger partial charge in [-0.15, -0.1) is 33.3 Å². The number of aromatic nitrogens is 3. The van der Waals surface area contributed by atoms with Crippen molar-refractivity contribution in [3.8, 4) is 0 Å². The van der Waals surface area contributed by atoms with Crippen LogP contribution < -0.4 is 22.3 Å². The van der Waals surface area contributed by atoms with Crippen LogP contribution in [0.4, 0.5) is 5.13 Å². The maximum absolute atomic E-state index is 14.2. The Morgan fingerprint density at radius 2 is 1.80 bits per heavy atom. The average molecular weight is 738 g/mol. The van der Waals surface area contributed by atoms with Crippen LogP contribution in [-0.4, -0.2) is 79.0 Å². The first-order valence-electron chi connectivity index (χ1n) is 14.4. The predicted octanol–water partition coefficient (Wildman–Crippen LogP) is 2.07. The second-order valence-electron chi connectivity index (χ2n) is 10.3. The van der Waals surface area contributed by atoms with Crippen LogP contribution in [-0.2, 0) is 28.8 Å². The van der Waals surface area contributed by atoms with Crippen molar-refractivity contribution in [2.75, 3.05) is 23.8 Å². The van der Waals surface area contributed by atoms with E-state index in [-0.39, 0.29) is 22.2 Å². The highest BCUT2D eigenvalue weighted by Gasteiger charge is 2.55. The standard InChI is InChI=1S/C30H27N9O6S4/c31-29-34-19(14-47-29)21(38-44-11-20(40)36-32)25(41)35-22-26(42)39-23(18(12-46-27(22)39)13-48-30-37-33-15-49-30)28(43)45-24(16-7-3-1-4-8-16)17-9-5-2-6-10-17/h1-10,14-15,22,24,27H,11-13,32H2,(H2,31,34)(H,35,41)(H,36,40)/t22?,27-/m1/s1. The molecule has 0 saturated carbocycles. The zero-order chi connectivity index (χ0) is 34.3. The summed E-state index contributed by atoms with van der Waals surface area (Å²) in [5, 5.41) is 15.4. The average Bonchev–Trinajstić information content (AvgIpc) is 3.82. The molecule has 4 heterocycles. The summed E-state index contributed by atoms with van der Waals surface area (Å²) >= 11 is 5.22. The van der Waals surface area contributed by atoms with Crippen LogP contribution in [0.5, 0.6) is 0 Å². The number of fused-ring (bicyclic) bond motifs is 1. The quantitative estimate of drug-likeness (QED) is 0.0294. The molecule has 2 aromatic heterocycles. The van der Waals surface area contributed by atoms with Gasteiger partial charge >= 0.3 is 5.97 Å². The van der Waals surface area contributed by atoms with Crippen molar-refractivity contribution in [1.29, 1.82) is 0 Å². The molecule has 1 unspecified atom stereocenters. The number of nitrogens with two attached hydrogens (primary N) is 2. The van der Waals surface area contributed by atoms with Gasteiger partial charge in [-0.2, -0.15) is 0 Å². The smallest absolute Gasteiger partial charge is 0.356 e. The zero-order valence-electron chi connectivity index (χ0n) is 25.3. The van der Waals surface area contributed by atoms with Gasteiger partial charge in [-0.1, -0.05) is 88.9 Å². The monoisotopic (exact) mass is 737 g/mol. The van der Waals surface area contributed by atoms with E-state index < -0.39 is 47.8 Å². The molecule has 19 heteroatoms. The van der Waals surface area contributed by atoms with Crippen molar-refractivity contribution in [2.24, 2.45) is 11.0 Å². The molecule has 0 spiro atoms. The van der Waals surface area contributed by atoms with Crippen LogP contribution in [0.25, 0.3) is 0 Å². The number of β-lactam (4-membered cyclic amide) rings is 1. The van der Waals surface area contributed by atoms with E-state index in [1.807, 2.05) is 66.1 Å². The molecule has 2 aromatic carbocycles. The number of carbonyl (C=O) groups excluding carboxylic acids is 4. The molecule has 0 aliphatic carbocycles. The summed E-state index contributed by atoms with van der Waals surface area (Å²) in [5.74, 6) is 3.14. The van der Waals surface area contributed by atoms with Gasteiger partial charge in [0.25, 0.3) is 17.7 Å². The molecule has 15 nitrogen and oxygen atoms in total. The van der Waals surface area contributed by atoms with Gasteiger partial charge in [0.15, 0.2) is 27.9 Å². The number of benzene rings is 2. The first-order chi connectivity index (χ1) is 23.8. The second-order valence-corrected chi connectivity index (χ2v) is 14.3. The lowest BCUT2D eigenvalue weighted by Crippen LogP contribution is -2.71. The number of amides is 3. The maximum Gasteiger partial charge on any atom is 0.356 e. The first kappa shape index (κ1) is 34.1. The van der Waals surface area contributed by atoms with Gasteiger partial charge in [-0.3, -0.25) is 24.7 Å². The van der Waals surface area contributed by atoms with E-state index in [0.717, 1.165) is 22.5 Å². The lowest BCUT2D eigenvalue weighted by Gasteiger charge is -2.49. The molecule has 1 saturated heterocycles. The van der Waals surface area contributed by atoms with Crippen LogP contribution in [0.3, 0.4) is 0 Å². The molecular formula is C30H27N9O6S4. The minimum absolute atomic E-state index is 0.0844. The van der Waals surface area contributed by atoms with Crippen molar-refractivity contribution in [3.63, 3.8) is 0 Å². The molecule has 0 bridgehead atoms. The van der Waals surface area contributed by atoms with Crippen LogP contribution >= 0.6 is 46.2 Å². The van der Waals surface area contributed by atoms with E-state index in [2.05, 4.69) is 25.7 Å². The van der Waals surface area contributed by atoms with Crippen molar-refractivity contribution in [2.45, 2.75) is 21.9 Å². The van der Waals surface area contributed by atoms with Crippen molar-refractivity contribution < 1.29 is 28.8 Å². The highest BCUT2D eigenvalue weighted by Crippen LogP contribution is 2.43. The minimum atomic E-state index is -1.02. The zero-order valence-corrected chi connectivity index (χ0v) is 28.5. The molecule has 2 aliphatic heterocycles. The van der Waals surface area contributed by atoms with Gasteiger partial charge in [0.2, 0.25) is 0 Å². The number of thioether (sulfide) groups is 2. The SMILES string of the molecule is NNC(=O)CON=C(C(=O)NC1C(=O)N2C(C(=O)OC(c3ccccc3)c3ccccc3)=C(CSc3nncs3)CS[C@H]12)c1csc(N)n1. The van der Waals surface area contributed by atoms with Gasteiger partial charge in [-0.25, -0.2) is 15.6 Å². The number of esters is 1. The molecule has 0 radical (unpaired) electrons.